The minimum absolute atomic E-state index is 0.0322. The number of esters is 1. The van der Waals surface area contributed by atoms with E-state index in [4.69, 9.17) is 23.5 Å². The molecule has 0 aromatic carbocycles. The molecule has 0 radical (unpaired) electrons. The summed E-state index contributed by atoms with van der Waals surface area (Å²) in [4.78, 5) is 12.9. The summed E-state index contributed by atoms with van der Waals surface area (Å²) in [7, 11) is -5.08. The van der Waals surface area contributed by atoms with Crippen LogP contribution in [0.25, 0.3) is 0 Å². The van der Waals surface area contributed by atoms with Gasteiger partial charge in [0.25, 0.3) is 0 Å². The fourth-order valence-corrected chi connectivity index (χ4v) is 6.59. The molecule has 1 saturated heterocycles. The molecule has 6 unspecified atom stereocenters. The molecule has 0 saturated carbocycles. The summed E-state index contributed by atoms with van der Waals surface area (Å²) in [6.07, 6.45) is 45.7. The summed E-state index contributed by atoms with van der Waals surface area (Å²) < 4.78 is 58.9. The average molecular weight is 891 g/mol. The van der Waals surface area contributed by atoms with Gasteiger partial charge in [0, 0.05) is 6.42 Å². The van der Waals surface area contributed by atoms with Gasteiger partial charge in [-0.2, -0.15) is 8.42 Å². The van der Waals surface area contributed by atoms with Crippen LogP contribution in [0.4, 0.5) is 0 Å². The number of carbonyl (C=O) groups is 1. The van der Waals surface area contributed by atoms with Gasteiger partial charge in [-0.05, 0) is 83.5 Å². The second-order valence-corrected chi connectivity index (χ2v) is 15.9. The normalized spacial score (nSPS) is 21.0. The molecule has 0 aromatic rings. The van der Waals surface area contributed by atoms with E-state index >= 15 is 0 Å². The van der Waals surface area contributed by atoms with Crippen molar-refractivity contribution >= 4 is 16.4 Å². The van der Waals surface area contributed by atoms with Gasteiger partial charge in [0.15, 0.2) is 6.29 Å². The van der Waals surface area contributed by atoms with Gasteiger partial charge in [0.1, 0.15) is 30.5 Å². The summed E-state index contributed by atoms with van der Waals surface area (Å²) in [5, 5.41) is 30.7. The molecule has 352 valence electrons. The number of hydrogen-bond donors (Lipinski definition) is 4. The van der Waals surface area contributed by atoms with Crippen molar-refractivity contribution in [3.05, 3.63) is 109 Å². The highest BCUT2D eigenvalue weighted by molar-refractivity contribution is 7.80. The van der Waals surface area contributed by atoms with E-state index in [9.17, 15) is 28.5 Å². The maximum atomic E-state index is 12.9. The summed E-state index contributed by atoms with van der Waals surface area (Å²) in [5.41, 5.74) is 0. The van der Waals surface area contributed by atoms with E-state index < -0.39 is 59.8 Å². The van der Waals surface area contributed by atoms with Gasteiger partial charge in [0.2, 0.25) is 0 Å². The summed E-state index contributed by atoms with van der Waals surface area (Å²) >= 11 is 0. The van der Waals surface area contributed by atoms with Crippen molar-refractivity contribution in [2.24, 2.45) is 0 Å². The summed E-state index contributed by atoms with van der Waals surface area (Å²) in [6, 6.07) is 0. The van der Waals surface area contributed by atoms with Crippen LogP contribution in [0, 0.1) is 0 Å². The molecule has 1 aliphatic heterocycles. The number of rotatable bonds is 37. The van der Waals surface area contributed by atoms with Crippen LogP contribution in [0.15, 0.2) is 109 Å². The Morgan fingerprint density at radius 3 is 1.55 bits per heavy atom. The number of aliphatic hydroxyl groups excluding tert-OH is 3. The first-order valence-electron chi connectivity index (χ1n) is 22.6. The molecule has 4 N–H and O–H groups in total. The van der Waals surface area contributed by atoms with Gasteiger partial charge in [-0.15, -0.1) is 0 Å². The quantitative estimate of drug-likeness (QED) is 0.0201. The molecular formula is C49H78O12S. The smallest absolute Gasteiger partial charge is 0.397 e. The molecule has 0 aliphatic carbocycles. The van der Waals surface area contributed by atoms with Crippen LogP contribution in [0.2, 0.25) is 0 Å². The number of carbonyl (C=O) groups excluding carboxylic acids is 1. The molecular weight excluding hydrogens is 813 g/mol. The maximum Gasteiger partial charge on any atom is 0.397 e. The van der Waals surface area contributed by atoms with Crippen LogP contribution in [-0.2, 0) is 38.3 Å². The van der Waals surface area contributed by atoms with Crippen molar-refractivity contribution in [2.45, 2.75) is 166 Å². The topological polar surface area (TPSA) is 178 Å². The molecule has 1 aliphatic rings. The first-order chi connectivity index (χ1) is 30.1. The van der Waals surface area contributed by atoms with Gasteiger partial charge < -0.3 is 34.3 Å². The first-order valence-corrected chi connectivity index (χ1v) is 24.0. The van der Waals surface area contributed by atoms with E-state index in [1.165, 1.54) is 0 Å². The highest BCUT2D eigenvalue weighted by atomic mass is 32.3. The predicted molar refractivity (Wildman–Crippen MR) is 248 cm³/mol. The molecule has 12 nitrogen and oxygen atoms in total. The third kappa shape index (κ3) is 32.4. The zero-order valence-corrected chi connectivity index (χ0v) is 38.2. The lowest BCUT2D eigenvalue weighted by molar-refractivity contribution is -0.301. The molecule has 6 atom stereocenters. The number of aliphatic hydroxyl groups is 3. The molecule has 0 aromatic heterocycles. The first kappa shape index (κ1) is 56.8. The monoisotopic (exact) mass is 891 g/mol. The van der Waals surface area contributed by atoms with Gasteiger partial charge >= 0.3 is 16.4 Å². The van der Waals surface area contributed by atoms with Gasteiger partial charge in [-0.1, -0.05) is 149 Å². The zero-order chi connectivity index (χ0) is 45.4. The lowest BCUT2D eigenvalue weighted by Gasteiger charge is -2.41. The van der Waals surface area contributed by atoms with Crippen molar-refractivity contribution in [1.82, 2.24) is 0 Å². The highest BCUT2D eigenvalue weighted by Gasteiger charge is 2.48. The lowest BCUT2D eigenvalue weighted by atomic mass is 9.99. The van der Waals surface area contributed by atoms with Crippen LogP contribution in [-0.4, -0.2) is 97.5 Å². The number of hydrogen-bond acceptors (Lipinski definition) is 11. The minimum atomic E-state index is -5.08. The molecule has 0 amide bonds. The lowest BCUT2D eigenvalue weighted by Crippen LogP contribution is -2.60. The van der Waals surface area contributed by atoms with Crippen LogP contribution >= 0.6 is 0 Å². The van der Waals surface area contributed by atoms with E-state index in [2.05, 4.69) is 115 Å². The SMILES string of the molecule is CC/C=C\C/C=C\C/C=C\C/C=C\C/C=C\CCOCC(COC1OC(CO)C(O)C(OS(=O)(=O)O)C1O)OC(=O)CCCCCCCC/C=C\C/C=C\C/C=C\C/C=C\CC. The van der Waals surface area contributed by atoms with Crippen LogP contribution < -0.4 is 0 Å². The van der Waals surface area contributed by atoms with Crippen molar-refractivity contribution in [3.63, 3.8) is 0 Å². The highest BCUT2D eigenvalue weighted by Crippen LogP contribution is 2.26. The minimum Gasteiger partial charge on any atom is -0.457 e. The Labute approximate surface area is 373 Å². The number of allylic oxidation sites excluding steroid dienone is 17. The van der Waals surface area contributed by atoms with Crippen molar-refractivity contribution < 1.29 is 56.2 Å². The van der Waals surface area contributed by atoms with Gasteiger partial charge in [-0.3, -0.25) is 9.35 Å². The summed E-state index contributed by atoms with van der Waals surface area (Å²) in [6.45, 7) is 3.49. The maximum absolute atomic E-state index is 12.9. The van der Waals surface area contributed by atoms with Crippen molar-refractivity contribution in [2.75, 3.05) is 26.4 Å². The standard InChI is InChI=1S/C49H78O12S/c1-3-5-7-9-11-13-15-17-19-21-22-23-24-26-28-30-32-34-36-38-45(51)59-43(42-58-49-47(53)48(61-62(54,55)56)46(52)44(40-50)60-49)41-57-39-37-35-33-31-29-27-25-20-18-16-14-12-10-8-6-4-2/h5-8,11-14,17-20,22-23,27,29,33,35,43-44,46-50,52-53H,3-4,9-10,15-16,21,24-26,28,30-32,34,36-42H2,1-2H3,(H,54,55,56)/b7-5-,8-6-,13-11-,14-12-,19-17-,20-18-,23-22-,29-27-,35-33-. The van der Waals surface area contributed by atoms with E-state index in [1.807, 2.05) is 12.2 Å². The van der Waals surface area contributed by atoms with Crippen molar-refractivity contribution in [1.29, 1.82) is 0 Å². The van der Waals surface area contributed by atoms with Crippen LogP contribution in [0.1, 0.15) is 129 Å². The zero-order valence-electron chi connectivity index (χ0n) is 37.4. The number of unbranched alkanes of at least 4 members (excludes halogenated alkanes) is 6. The number of ether oxygens (including phenoxy) is 4. The Balaban J connectivity index is 2.50. The Morgan fingerprint density at radius 2 is 1.06 bits per heavy atom. The third-order valence-corrected chi connectivity index (χ3v) is 9.88. The van der Waals surface area contributed by atoms with E-state index in [0.29, 0.717) is 19.4 Å². The average Bonchev–Trinajstić information content (AvgIpc) is 3.24. The molecule has 13 heteroatoms. The predicted octanol–water partition coefficient (Wildman–Crippen LogP) is 9.63. The van der Waals surface area contributed by atoms with Crippen LogP contribution in [0.5, 0.6) is 0 Å². The largest absolute Gasteiger partial charge is 0.457 e. The Morgan fingerprint density at radius 1 is 0.613 bits per heavy atom. The van der Waals surface area contributed by atoms with Gasteiger partial charge in [0.05, 0.1) is 26.4 Å². The van der Waals surface area contributed by atoms with E-state index in [-0.39, 0.29) is 19.6 Å². The molecule has 62 heavy (non-hydrogen) atoms. The molecule has 1 rings (SSSR count). The Kier molecular flexibility index (Phi) is 36.0. The fourth-order valence-electron chi connectivity index (χ4n) is 6.08. The second kappa shape index (κ2) is 39.4. The second-order valence-electron chi connectivity index (χ2n) is 14.9. The molecule has 1 fully saturated rings. The fraction of sp³-hybridized carbons (Fsp3) is 0.612. The van der Waals surface area contributed by atoms with E-state index in [0.717, 1.165) is 96.3 Å². The molecule has 1 heterocycles. The third-order valence-electron chi connectivity index (χ3n) is 9.41. The Bertz CT molecular complexity index is 1490. The van der Waals surface area contributed by atoms with E-state index in [1.54, 1.807) is 0 Å². The molecule has 0 spiro atoms. The summed E-state index contributed by atoms with van der Waals surface area (Å²) in [5.74, 6) is -0.444. The Hall–Kier alpha value is -3.24. The molecule has 0 bridgehead atoms. The van der Waals surface area contributed by atoms with Crippen molar-refractivity contribution in [3.8, 4) is 0 Å². The van der Waals surface area contributed by atoms with Crippen LogP contribution in [0.3, 0.4) is 0 Å². The van der Waals surface area contributed by atoms with Gasteiger partial charge in [-0.25, -0.2) is 4.18 Å².